The third kappa shape index (κ3) is 47.8. The first-order valence-electron chi connectivity index (χ1n) is 58.0. The molecule has 1 fully saturated rings. The van der Waals surface area contributed by atoms with E-state index in [0.29, 0.717) is 0 Å². The van der Waals surface area contributed by atoms with E-state index >= 15 is 14.4 Å². The van der Waals surface area contributed by atoms with Gasteiger partial charge in [0.2, 0.25) is 0 Å². The van der Waals surface area contributed by atoms with E-state index in [0.717, 1.165) is 44.9 Å². The summed E-state index contributed by atoms with van der Waals surface area (Å²) in [6, 6.07) is 0. The van der Waals surface area contributed by atoms with Crippen molar-refractivity contribution < 1.29 is 14.4 Å². The molecule has 1 aliphatic rings. The van der Waals surface area contributed by atoms with Crippen LogP contribution in [0.5, 0.6) is 0 Å². The molecule has 720 valence electrons. The Morgan fingerprint density at radius 2 is 0.208 bits per heavy atom. The van der Waals surface area contributed by atoms with Gasteiger partial charge in [0.05, 0.1) is 5.16 Å². The molecule has 1 saturated carbocycles. The summed E-state index contributed by atoms with van der Waals surface area (Å²) in [6.45, 7) is 26.5. The Morgan fingerprint density at radius 1 is 0.125 bits per heavy atom. The van der Waals surface area contributed by atoms with Gasteiger partial charge < -0.3 is 9.79 Å². The summed E-state index contributed by atoms with van der Waals surface area (Å²) in [5, 5.41) is -1.11. The zero-order valence-electron chi connectivity index (χ0n) is 85.8. The minimum atomic E-state index is -5.04. The Kier molecular flexibility index (Phi) is 82.2. The van der Waals surface area contributed by atoms with Gasteiger partial charge in [0.25, 0.3) is 0 Å². The average Bonchev–Trinajstić information content (AvgIpc) is 0.627. The highest BCUT2D eigenvalue weighted by Gasteiger charge is 2.87. The van der Waals surface area contributed by atoms with Gasteiger partial charge >= 0.3 is 7.60 Å². The second-order valence-corrected chi connectivity index (χ2v) is 44.1. The van der Waals surface area contributed by atoms with E-state index in [1.165, 1.54) is 591 Å². The Bertz CT molecular complexity index is 1880. The van der Waals surface area contributed by atoms with Crippen LogP contribution < -0.4 is 0 Å². The highest BCUT2D eigenvalue weighted by Crippen LogP contribution is 2.92. The third-order valence-corrected chi connectivity index (χ3v) is 34.8. The van der Waals surface area contributed by atoms with Crippen molar-refractivity contribution in [2.75, 3.05) is 0 Å². The standard InChI is InChI=1S/C116H233O3P/c1-12-23-34-45-56-67-78-89-100-111(101-90-79-68-57-46-35-24-13-2)112(102-91-80-69-58-47-36-25-14-3,103-92-81-70-59-48-37-26-15-4)114(106-95-84-73-62-51-40-29-18-7,107-96-85-74-63-52-41-30-19-8)116(120(117,118)119,110-99-88-77-66-55-44-33-22-11)115(108-97-86-75-64-53-42-31-20-9,109-98-87-76-65-54-43-32-21-10)113(111,104-93-82-71-60-49-38-27-16-5)105-94-83-72-61-50-39-28-17-6/h12-110H2,1-11H3,(H2,117,118,119). The normalized spacial score (nSPS) is 15.4. The molecule has 0 spiro atoms. The van der Waals surface area contributed by atoms with Crippen molar-refractivity contribution in [2.24, 2.45) is 27.1 Å². The largest absolute Gasteiger partial charge is 0.332 e. The van der Waals surface area contributed by atoms with E-state index in [2.05, 4.69) is 76.2 Å². The molecule has 0 aromatic heterocycles. The zero-order valence-corrected chi connectivity index (χ0v) is 86.6. The highest BCUT2D eigenvalue weighted by molar-refractivity contribution is 7.53. The number of unbranched alkanes of at least 4 members (excludes halogenated alkanes) is 77. The molecule has 0 unspecified atom stereocenters. The fourth-order valence-corrected chi connectivity index (χ4v) is 28.6. The smallest absolute Gasteiger partial charge is 0.324 e. The molecule has 1 rings (SSSR count). The monoisotopic (exact) mass is 1710 g/mol. The molecule has 1 aliphatic carbocycles. The lowest BCUT2D eigenvalue weighted by Crippen LogP contribution is -2.81. The van der Waals surface area contributed by atoms with Crippen molar-refractivity contribution in [3.8, 4) is 0 Å². The van der Waals surface area contributed by atoms with Crippen LogP contribution >= 0.6 is 7.60 Å². The lowest BCUT2D eigenvalue weighted by molar-refractivity contribution is -0.325. The van der Waals surface area contributed by atoms with Crippen LogP contribution in [0.4, 0.5) is 0 Å². The van der Waals surface area contributed by atoms with Crippen LogP contribution in [0.15, 0.2) is 0 Å². The van der Waals surface area contributed by atoms with Gasteiger partial charge in [-0.3, -0.25) is 4.57 Å². The fraction of sp³-hybridized carbons (Fsp3) is 1.00. The summed E-state index contributed by atoms with van der Waals surface area (Å²) in [5.41, 5.74) is -1.41. The second kappa shape index (κ2) is 83.5. The maximum absolute atomic E-state index is 18.8. The van der Waals surface area contributed by atoms with E-state index in [1.54, 1.807) is 0 Å². The molecule has 0 bridgehead atoms. The Labute approximate surface area is 761 Å². The number of rotatable bonds is 100. The van der Waals surface area contributed by atoms with Crippen LogP contribution in [0.3, 0.4) is 0 Å². The molecule has 0 aromatic carbocycles. The topological polar surface area (TPSA) is 57.5 Å². The lowest BCUT2D eigenvalue weighted by atomic mass is 9.22. The van der Waals surface area contributed by atoms with Gasteiger partial charge in [0, 0.05) is 0 Å². The first-order valence-corrected chi connectivity index (χ1v) is 59.6. The highest BCUT2D eigenvalue weighted by atomic mass is 31.2. The molecule has 120 heavy (non-hydrogen) atoms. The van der Waals surface area contributed by atoms with Crippen molar-refractivity contribution in [3.63, 3.8) is 0 Å². The van der Waals surface area contributed by atoms with E-state index in [9.17, 15) is 0 Å². The molecule has 0 radical (unpaired) electrons. The second-order valence-electron chi connectivity index (χ2n) is 42.3. The van der Waals surface area contributed by atoms with E-state index in [-0.39, 0.29) is 16.2 Å². The Balaban J connectivity index is 6.03. The number of hydrogen-bond acceptors (Lipinski definition) is 1. The Morgan fingerprint density at radius 3 is 0.317 bits per heavy atom. The van der Waals surface area contributed by atoms with E-state index in [4.69, 9.17) is 0 Å². The summed E-state index contributed by atoms with van der Waals surface area (Å²) in [7, 11) is -5.04. The van der Waals surface area contributed by atoms with Crippen molar-refractivity contribution in [3.05, 3.63) is 0 Å². The molecule has 0 saturated heterocycles. The van der Waals surface area contributed by atoms with Gasteiger partial charge in [-0.2, -0.15) is 0 Å². The van der Waals surface area contributed by atoms with Gasteiger partial charge in [-0.05, 0) is 97.7 Å². The maximum atomic E-state index is 18.8. The van der Waals surface area contributed by atoms with Crippen molar-refractivity contribution >= 4 is 7.60 Å². The van der Waals surface area contributed by atoms with Gasteiger partial charge in [-0.1, -0.05) is 641 Å². The molecule has 3 nitrogen and oxygen atoms in total. The first kappa shape index (κ1) is 118. The summed E-state index contributed by atoms with van der Waals surface area (Å²) < 4.78 is 18.8. The summed E-state index contributed by atoms with van der Waals surface area (Å²) >= 11 is 0. The molecular weight excluding hydrogens is 1470 g/mol. The predicted molar refractivity (Wildman–Crippen MR) is 546 cm³/mol. The molecule has 2 N–H and O–H groups in total. The van der Waals surface area contributed by atoms with Crippen molar-refractivity contribution in [1.29, 1.82) is 0 Å². The third-order valence-electron chi connectivity index (χ3n) is 32.7. The van der Waals surface area contributed by atoms with Gasteiger partial charge in [-0.25, -0.2) is 0 Å². The quantitative estimate of drug-likeness (QED) is 0.0471. The molecule has 0 amide bonds. The molecule has 0 aliphatic heterocycles. The van der Waals surface area contributed by atoms with Crippen LogP contribution in [0.25, 0.3) is 0 Å². The van der Waals surface area contributed by atoms with Crippen LogP contribution in [0, 0.1) is 27.1 Å². The minimum absolute atomic E-state index is 0.0342. The molecule has 0 aromatic rings. The van der Waals surface area contributed by atoms with Crippen molar-refractivity contribution in [1.82, 2.24) is 0 Å². The van der Waals surface area contributed by atoms with Gasteiger partial charge in [0.15, 0.2) is 0 Å². The van der Waals surface area contributed by atoms with Gasteiger partial charge in [-0.15, -0.1) is 0 Å². The Hall–Kier alpha value is 0.150. The van der Waals surface area contributed by atoms with Crippen LogP contribution in [0.2, 0.25) is 0 Å². The summed E-state index contributed by atoms with van der Waals surface area (Å²) in [6.07, 6.45) is 129. The molecular formula is C116H233O3P. The zero-order chi connectivity index (χ0) is 87.5. The van der Waals surface area contributed by atoms with Gasteiger partial charge in [0.1, 0.15) is 0 Å². The van der Waals surface area contributed by atoms with E-state index in [1.807, 2.05) is 0 Å². The fourth-order valence-electron chi connectivity index (χ4n) is 26.2. The average molecular weight is 1710 g/mol. The number of hydrogen-bond donors (Lipinski definition) is 2. The lowest BCUT2D eigenvalue weighted by Gasteiger charge is -2.84. The first-order chi connectivity index (χ1) is 58.9. The van der Waals surface area contributed by atoms with Crippen LogP contribution in [-0.2, 0) is 4.57 Å². The maximum Gasteiger partial charge on any atom is 0.332 e. The van der Waals surface area contributed by atoms with Crippen molar-refractivity contribution in [2.45, 2.75) is 717 Å². The predicted octanol–water partition coefficient (Wildman–Crippen LogP) is 43.7. The molecule has 0 heterocycles. The van der Waals surface area contributed by atoms with Crippen LogP contribution in [-0.4, -0.2) is 14.9 Å². The summed E-state index contributed by atoms with van der Waals surface area (Å²) in [5.74, 6) is 0. The van der Waals surface area contributed by atoms with Crippen LogP contribution in [0.1, 0.15) is 712 Å². The summed E-state index contributed by atoms with van der Waals surface area (Å²) in [4.78, 5) is 30.8. The SMILES string of the molecule is CCCCCCCCCCC1(CCCCCCCCCC)C(CCCCCCCCCC)(CCCCCCCCCC)C(CCCCCCCCCC)(CCCCCCCCCC)C(CCCCCCCCCC)(P(=O)(O)O)C(CCCCCCCCCC)(CCCCCCCCCC)C1(CCCCCCCCCC)CCCCCCCCCC. The molecule has 0 atom stereocenters. The minimum Gasteiger partial charge on any atom is -0.324 e. The molecule has 4 heteroatoms. The van der Waals surface area contributed by atoms with E-state index < -0.39 is 23.6 Å².